The monoisotopic (exact) mass is 518 g/mol. The Kier molecular flexibility index (Phi) is 7.82. The topological polar surface area (TPSA) is 122 Å². The molecule has 0 saturated heterocycles. The van der Waals surface area contributed by atoms with Gasteiger partial charge in [-0.25, -0.2) is 19.3 Å². The summed E-state index contributed by atoms with van der Waals surface area (Å²) in [6, 6.07) is 9.12. The van der Waals surface area contributed by atoms with Crippen molar-refractivity contribution in [3.8, 4) is 17.1 Å². The number of hydrogen-bond donors (Lipinski definition) is 3. The van der Waals surface area contributed by atoms with Gasteiger partial charge >= 0.3 is 0 Å². The number of methoxy groups -OCH3 is 1. The minimum absolute atomic E-state index is 0.00757. The predicted molar refractivity (Wildman–Crippen MR) is 144 cm³/mol. The lowest BCUT2D eigenvalue weighted by atomic mass is 9.73. The number of hydrogen-bond acceptors (Lipinski definition) is 8. The largest absolute Gasteiger partial charge is 0.481 e. The van der Waals surface area contributed by atoms with E-state index in [1.165, 1.54) is 20.5 Å². The molecule has 4 aromatic rings. The third-order valence-corrected chi connectivity index (χ3v) is 7.07. The van der Waals surface area contributed by atoms with Crippen molar-refractivity contribution in [2.45, 2.75) is 32.8 Å². The number of benzene rings is 1. The quantitative estimate of drug-likeness (QED) is 0.303. The first-order chi connectivity index (χ1) is 18.2. The van der Waals surface area contributed by atoms with E-state index in [4.69, 9.17) is 4.74 Å². The minimum atomic E-state index is -0.653. The third kappa shape index (κ3) is 5.12. The van der Waals surface area contributed by atoms with Gasteiger partial charge in [0.25, 0.3) is 5.91 Å². The van der Waals surface area contributed by atoms with Gasteiger partial charge in [-0.05, 0) is 23.0 Å². The second kappa shape index (κ2) is 11.1. The van der Waals surface area contributed by atoms with Gasteiger partial charge in [0, 0.05) is 42.4 Å². The van der Waals surface area contributed by atoms with Crippen LogP contribution in [0.4, 0.5) is 10.2 Å². The van der Waals surface area contributed by atoms with E-state index in [9.17, 15) is 14.3 Å². The van der Waals surface area contributed by atoms with Crippen molar-refractivity contribution in [2.24, 2.45) is 5.92 Å². The van der Waals surface area contributed by atoms with Crippen molar-refractivity contribution in [1.82, 2.24) is 25.3 Å². The maximum Gasteiger partial charge on any atom is 0.254 e. The molecule has 0 bridgehead atoms. The molecule has 38 heavy (non-hydrogen) atoms. The van der Waals surface area contributed by atoms with E-state index >= 15 is 0 Å². The zero-order chi connectivity index (χ0) is 27.4. The summed E-state index contributed by atoms with van der Waals surface area (Å²) >= 11 is 0. The highest BCUT2D eigenvalue weighted by atomic mass is 19.1. The van der Waals surface area contributed by atoms with Crippen molar-refractivity contribution >= 4 is 22.6 Å². The number of nitrogens with one attached hydrogen (secondary N) is 2. The number of carbonyl (C=O) groups is 1. The first-order valence-corrected chi connectivity index (χ1v) is 12.2. The van der Waals surface area contributed by atoms with Gasteiger partial charge in [-0.1, -0.05) is 39.0 Å². The fourth-order valence-electron chi connectivity index (χ4n) is 4.40. The Morgan fingerprint density at radius 2 is 1.95 bits per heavy atom. The lowest BCUT2D eigenvalue weighted by Gasteiger charge is -2.33. The summed E-state index contributed by atoms with van der Waals surface area (Å²) in [5, 5.41) is 16.0. The van der Waals surface area contributed by atoms with Crippen molar-refractivity contribution in [1.29, 1.82) is 0 Å². The smallest absolute Gasteiger partial charge is 0.254 e. The summed E-state index contributed by atoms with van der Waals surface area (Å²) in [5.41, 5.74) is 3.07. The molecule has 1 aromatic carbocycles. The molecule has 0 spiro atoms. The second-order valence-electron chi connectivity index (χ2n) is 9.60. The van der Waals surface area contributed by atoms with Crippen LogP contribution in [-0.2, 0) is 12.0 Å². The van der Waals surface area contributed by atoms with Crippen LogP contribution < -0.4 is 15.4 Å². The average molecular weight is 519 g/mol. The number of halogens is 1. The Hall–Kier alpha value is -4.18. The number of aliphatic hydroxyl groups is 1. The van der Waals surface area contributed by atoms with E-state index in [2.05, 4.69) is 51.3 Å². The number of aliphatic hydroxyl groups excluding tert-OH is 1. The molecule has 4 rings (SSSR count). The first kappa shape index (κ1) is 26.9. The van der Waals surface area contributed by atoms with Gasteiger partial charge < -0.3 is 20.5 Å². The Morgan fingerprint density at radius 3 is 2.66 bits per heavy atom. The van der Waals surface area contributed by atoms with Crippen LogP contribution in [0, 0.1) is 11.7 Å². The molecular weight excluding hydrogens is 487 g/mol. The second-order valence-corrected chi connectivity index (χ2v) is 9.60. The summed E-state index contributed by atoms with van der Waals surface area (Å²) in [4.78, 5) is 29.7. The average Bonchev–Trinajstić information content (AvgIpc) is 2.94. The molecule has 10 heteroatoms. The fourth-order valence-corrected chi connectivity index (χ4v) is 4.40. The van der Waals surface area contributed by atoms with E-state index < -0.39 is 11.7 Å². The van der Waals surface area contributed by atoms with E-state index in [-0.39, 0.29) is 23.5 Å². The van der Waals surface area contributed by atoms with E-state index in [0.29, 0.717) is 40.4 Å². The van der Waals surface area contributed by atoms with Gasteiger partial charge in [0.2, 0.25) is 5.88 Å². The van der Waals surface area contributed by atoms with Crippen LogP contribution in [-0.4, -0.2) is 51.7 Å². The molecule has 0 fully saturated rings. The van der Waals surface area contributed by atoms with Crippen molar-refractivity contribution < 1.29 is 19.0 Å². The van der Waals surface area contributed by atoms with Crippen LogP contribution in [0.3, 0.4) is 0 Å². The number of rotatable bonds is 9. The van der Waals surface area contributed by atoms with Crippen LogP contribution in [0.15, 0.2) is 49.1 Å². The summed E-state index contributed by atoms with van der Waals surface area (Å²) in [6.45, 7) is 6.68. The standard InChI is InChI=1S/C28H31FN6O3/c1-16(11-31-23-10-22(34-15-35-23)17-9-18(14-36)27(38-5)33-12-17)28(2,3)20-8-6-7-19-24(26(37)30-4)21(29)13-32-25(19)20/h6-10,12-13,15-16,36H,11,14H2,1-5H3,(H,30,37)(H,31,34,35). The van der Waals surface area contributed by atoms with E-state index in [1.807, 2.05) is 18.2 Å². The maximum absolute atomic E-state index is 14.5. The summed E-state index contributed by atoms with van der Waals surface area (Å²) in [5.74, 6) is -0.0473. The molecule has 198 valence electrons. The number of para-hydroxylation sites is 1. The number of ether oxygens (including phenoxy) is 1. The lowest BCUT2D eigenvalue weighted by molar-refractivity contribution is 0.0960. The van der Waals surface area contributed by atoms with Gasteiger partial charge in [0.05, 0.1) is 36.7 Å². The summed E-state index contributed by atoms with van der Waals surface area (Å²) in [6.07, 6.45) is 4.22. The van der Waals surface area contributed by atoms with Crippen LogP contribution in [0.2, 0.25) is 0 Å². The van der Waals surface area contributed by atoms with Crippen molar-refractivity contribution in [3.05, 3.63) is 71.6 Å². The number of pyridine rings is 2. The molecule has 0 aliphatic carbocycles. The highest BCUT2D eigenvalue weighted by molar-refractivity contribution is 6.06. The predicted octanol–water partition coefficient (Wildman–Crippen LogP) is 4.11. The fraction of sp³-hybridized carbons (Fsp3) is 0.321. The van der Waals surface area contributed by atoms with Crippen LogP contribution >= 0.6 is 0 Å². The van der Waals surface area contributed by atoms with Gasteiger partial charge in [0.1, 0.15) is 12.1 Å². The highest BCUT2D eigenvalue weighted by Crippen LogP contribution is 2.37. The Bertz CT molecular complexity index is 1480. The molecule has 3 heterocycles. The van der Waals surface area contributed by atoms with E-state index in [0.717, 1.165) is 17.3 Å². The summed E-state index contributed by atoms with van der Waals surface area (Å²) < 4.78 is 19.7. The minimum Gasteiger partial charge on any atom is -0.481 e. The van der Waals surface area contributed by atoms with Crippen LogP contribution in [0.25, 0.3) is 22.2 Å². The molecule has 0 radical (unpaired) electrons. The lowest BCUT2D eigenvalue weighted by Crippen LogP contribution is -2.32. The normalized spacial score (nSPS) is 12.3. The SMILES string of the molecule is CNC(=O)c1c(F)cnc2c(C(C)(C)C(C)CNc3cc(-c4cnc(OC)c(CO)c4)ncn3)cccc12. The van der Waals surface area contributed by atoms with Crippen molar-refractivity contribution in [2.75, 3.05) is 26.0 Å². The van der Waals surface area contributed by atoms with Gasteiger partial charge in [-0.15, -0.1) is 0 Å². The van der Waals surface area contributed by atoms with Crippen molar-refractivity contribution in [3.63, 3.8) is 0 Å². The zero-order valence-electron chi connectivity index (χ0n) is 22.0. The first-order valence-electron chi connectivity index (χ1n) is 12.2. The summed E-state index contributed by atoms with van der Waals surface area (Å²) in [7, 11) is 2.98. The zero-order valence-corrected chi connectivity index (χ0v) is 22.0. The Balaban J connectivity index is 1.58. The number of amides is 1. The molecular formula is C28H31FN6O3. The number of fused-ring (bicyclic) bond motifs is 1. The Labute approximate surface area is 220 Å². The van der Waals surface area contributed by atoms with Gasteiger partial charge in [-0.3, -0.25) is 9.78 Å². The Morgan fingerprint density at radius 1 is 1.16 bits per heavy atom. The molecule has 1 unspecified atom stereocenters. The number of anilines is 1. The third-order valence-electron chi connectivity index (χ3n) is 7.07. The molecule has 3 aromatic heterocycles. The molecule has 0 aliphatic rings. The van der Waals surface area contributed by atoms with Gasteiger partial charge in [0.15, 0.2) is 5.82 Å². The molecule has 1 amide bonds. The molecule has 0 aliphatic heterocycles. The van der Waals surface area contributed by atoms with Gasteiger partial charge in [-0.2, -0.15) is 0 Å². The highest BCUT2D eigenvalue weighted by Gasteiger charge is 2.31. The molecule has 0 saturated carbocycles. The number of carbonyl (C=O) groups excluding carboxylic acids is 1. The molecule has 3 N–H and O–H groups in total. The van der Waals surface area contributed by atoms with E-state index in [1.54, 1.807) is 18.3 Å². The van der Waals surface area contributed by atoms with Crippen LogP contribution in [0.5, 0.6) is 5.88 Å². The molecule has 9 nitrogen and oxygen atoms in total. The number of aromatic nitrogens is 4. The maximum atomic E-state index is 14.5. The van der Waals surface area contributed by atoms with Crippen LogP contribution in [0.1, 0.15) is 42.3 Å². The number of nitrogens with zero attached hydrogens (tertiary/aromatic N) is 4. The molecule has 1 atom stereocenters.